The molecule has 7 heteroatoms. The Morgan fingerprint density at radius 2 is 1.75 bits per heavy atom. The van der Waals surface area contributed by atoms with Crippen LogP contribution in [0.4, 0.5) is 13.2 Å². The second-order valence-corrected chi connectivity index (χ2v) is 4.89. The van der Waals surface area contributed by atoms with E-state index in [2.05, 4.69) is 5.16 Å². The van der Waals surface area contributed by atoms with Crippen LogP contribution in [0.25, 0.3) is 11.3 Å². The predicted octanol–water partition coefficient (Wildman–Crippen LogP) is 4.12. The second-order valence-electron chi connectivity index (χ2n) is 4.89. The van der Waals surface area contributed by atoms with Crippen molar-refractivity contribution in [3.63, 3.8) is 0 Å². The van der Waals surface area contributed by atoms with Gasteiger partial charge >= 0.3 is 5.97 Å². The van der Waals surface area contributed by atoms with E-state index < -0.39 is 17.6 Å². The molecule has 0 radical (unpaired) electrons. The van der Waals surface area contributed by atoms with Gasteiger partial charge < -0.3 is 9.26 Å². The number of carbonyl (C=O) groups is 1. The Hall–Kier alpha value is -3.09. The molecule has 24 heavy (non-hydrogen) atoms. The average molecular weight is 333 g/mol. The van der Waals surface area contributed by atoms with Crippen LogP contribution in [0.15, 0.2) is 53.1 Å². The van der Waals surface area contributed by atoms with Gasteiger partial charge in [0, 0.05) is 11.6 Å². The van der Waals surface area contributed by atoms with Crippen LogP contribution in [0.5, 0.6) is 0 Å². The van der Waals surface area contributed by atoms with Gasteiger partial charge in [-0.05, 0) is 42.5 Å². The Balaban J connectivity index is 1.65. The summed E-state index contributed by atoms with van der Waals surface area (Å²) in [4.78, 5) is 11.8. The number of aromatic nitrogens is 1. The zero-order valence-electron chi connectivity index (χ0n) is 12.1. The Morgan fingerprint density at radius 3 is 2.46 bits per heavy atom. The monoisotopic (exact) mass is 333 g/mol. The first-order valence-electron chi connectivity index (χ1n) is 6.86. The molecular weight excluding hydrogens is 323 g/mol. The molecule has 0 aliphatic carbocycles. The number of halogens is 3. The van der Waals surface area contributed by atoms with Gasteiger partial charge in [0.1, 0.15) is 18.1 Å². The third-order valence-corrected chi connectivity index (χ3v) is 3.19. The third kappa shape index (κ3) is 3.45. The van der Waals surface area contributed by atoms with E-state index in [1.807, 2.05) is 0 Å². The van der Waals surface area contributed by atoms with Gasteiger partial charge in [-0.2, -0.15) is 0 Å². The highest BCUT2D eigenvalue weighted by atomic mass is 19.2. The van der Waals surface area contributed by atoms with Crippen LogP contribution in [0, 0.1) is 17.5 Å². The molecule has 0 fully saturated rings. The summed E-state index contributed by atoms with van der Waals surface area (Å²) >= 11 is 0. The molecular formula is C17H10F3NO3. The largest absolute Gasteiger partial charge is 0.455 e. The summed E-state index contributed by atoms with van der Waals surface area (Å²) in [6, 6.07) is 9.85. The van der Waals surface area contributed by atoms with E-state index in [1.54, 1.807) is 0 Å². The number of nitrogens with zero attached hydrogens (tertiary/aromatic N) is 1. The Morgan fingerprint density at radius 1 is 1.00 bits per heavy atom. The third-order valence-electron chi connectivity index (χ3n) is 3.19. The molecule has 3 rings (SSSR count). The van der Waals surface area contributed by atoms with Crippen LogP contribution in [-0.2, 0) is 11.3 Å². The summed E-state index contributed by atoms with van der Waals surface area (Å²) in [6.45, 7) is -0.206. The molecule has 0 aliphatic rings. The summed E-state index contributed by atoms with van der Waals surface area (Å²) < 4.78 is 48.8. The first-order valence-corrected chi connectivity index (χ1v) is 6.86. The maximum absolute atomic E-state index is 13.1. The standard InChI is InChI=1S/C17H10F3NO3/c18-12-4-1-10(2-5-12)16-8-13(21-24-16)9-23-17(22)11-3-6-14(19)15(20)7-11/h1-8H,9H2. The van der Waals surface area contributed by atoms with Crippen molar-refractivity contribution in [2.75, 3.05) is 0 Å². The average Bonchev–Trinajstić information content (AvgIpc) is 3.05. The van der Waals surface area contributed by atoms with Gasteiger partial charge in [0.2, 0.25) is 0 Å². The number of rotatable bonds is 4. The quantitative estimate of drug-likeness (QED) is 0.674. The van der Waals surface area contributed by atoms with Gasteiger partial charge in [-0.25, -0.2) is 18.0 Å². The van der Waals surface area contributed by atoms with E-state index in [9.17, 15) is 18.0 Å². The van der Waals surface area contributed by atoms with Crippen LogP contribution < -0.4 is 0 Å². The molecule has 0 unspecified atom stereocenters. The molecule has 0 saturated carbocycles. The van der Waals surface area contributed by atoms with Crippen molar-refractivity contribution < 1.29 is 27.2 Å². The fourth-order valence-electron chi connectivity index (χ4n) is 1.98. The lowest BCUT2D eigenvalue weighted by Crippen LogP contribution is -2.06. The Labute approximate surface area is 134 Å². The maximum Gasteiger partial charge on any atom is 0.338 e. The highest BCUT2D eigenvalue weighted by molar-refractivity contribution is 5.89. The van der Waals surface area contributed by atoms with Gasteiger partial charge in [0.25, 0.3) is 0 Å². The molecule has 3 aromatic rings. The minimum absolute atomic E-state index is 0.115. The van der Waals surface area contributed by atoms with Crippen molar-refractivity contribution in [1.82, 2.24) is 5.16 Å². The van der Waals surface area contributed by atoms with Crippen LogP contribution in [-0.4, -0.2) is 11.1 Å². The van der Waals surface area contributed by atoms with Gasteiger partial charge in [-0.1, -0.05) is 5.16 Å². The number of ether oxygens (including phenoxy) is 1. The van der Waals surface area contributed by atoms with E-state index >= 15 is 0 Å². The highest BCUT2D eigenvalue weighted by Crippen LogP contribution is 2.21. The summed E-state index contributed by atoms with van der Waals surface area (Å²) in [5.41, 5.74) is 0.823. The first kappa shape index (κ1) is 15.8. The Bertz CT molecular complexity index is 875. The fraction of sp³-hybridized carbons (Fsp3) is 0.0588. The minimum atomic E-state index is -1.13. The summed E-state index contributed by atoms with van der Waals surface area (Å²) in [6.07, 6.45) is 0. The van der Waals surface area contributed by atoms with Crippen LogP contribution in [0.2, 0.25) is 0 Å². The van der Waals surface area contributed by atoms with E-state index in [4.69, 9.17) is 9.26 Å². The number of hydrogen-bond donors (Lipinski definition) is 0. The lowest BCUT2D eigenvalue weighted by molar-refractivity contribution is 0.0463. The molecule has 2 aromatic carbocycles. The molecule has 0 N–H and O–H groups in total. The van der Waals surface area contributed by atoms with Crippen molar-refractivity contribution in [1.29, 1.82) is 0 Å². The predicted molar refractivity (Wildman–Crippen MR) is 77.4 cm³/mol. The number of hydrogen-bond acceptors (Lipinski definition) is 4. The smallest absolute Gasteiger partial charge is 0.338 e. The number of benzene rings is 2. The molecule has 0 amide bonds. The zero-order chi connectivity index (χ0) is 17.1. The van der Waals surface area contributed by atoms with E-state index in [0.29, 0.717) is 17.0 Å². The SMILES string of the molecule is O=C(OCc1cc(-c2ccc(F)cc2)on1)c1ccc(F)c(F)c1. The fourth-order valence-corrected chi connectivity index (χ4v) is 1.98. The second kappa shape index (κ2) is 6.57. The van der Waals surface area contributed by atoms with Crippen molar-refractivity contribution in [2.45, 2.75) is 6.61 Å². The van der Waals surface area contributed by atoms with Crippen LogP contribution in [0.3, 0.4) is 0 Å². The maximum atomic E-state index is 13.1. The van der Waals surface area contributed by atoms with Gasteiger partial charge in [0.15, 0.2) is 17.4 Å². The summed E-state index contributed by atoms with van der Waals surface area (Å²) in [5, 5.41) is 3.73. The van der Waals surface area contributed by atoms with Crippen molar-refractivity contribution in [3.05, 3.63) is 77.2 Å². The van der Waals surface area contributed by atoms with E-state index in [0.717, 1.165) is 18.2 Å². The number of carbonyl (C=O) groups excluding carboxylic acids is 1. The van der Waals surface area contributed by atoms with Gasteiger partial charge in [-0.3, -0.25) is 0 Å². The zero-order valence-corrected chi connectivity index (χ0v) is 12.1. The minimum Gasteiger partial charge on any atom is -0.455 e. The molecule has 0 saturated heterocycles. The molecule has 0 aliphatic heterocycles. The van der Waals surface area contributed by atoms with Gasteiger partial charge in [0.05, 0.1) is 5.56 Å². The highest BCUT2D eigenvalue weighted by Gasteiger charge is 2.13. The lowest BCUT2D eigenvalue weighted by atomic mass is 10.1. The van der Waals surface area contributed by atoms with Crippen molar-refractivity contribution in [3.8, 4) is 11.3 Å². The molecule has 0 bridgehead atoms. The molecule has 4 nitrogen and oxygen atoms in total. The van der Waals surface area contributed by atoms with Crippen LogP contribution >= 0.6 is 0 Å². The van der Waals surface area contributed by atoms with Crippen LogP contribution in [0.1, 0.15) is 16.1 Å². The molecule has 1 heterocycles. The van der Waals surface area contributed by atoms with Crippen molar-refractivity contribution >= 4 is 5.97 Å². The van der Waals surface area contributed by atoms with E-state index in [1.165, 1.54) is 30.3 Å². The molecule has 122 valence electrons. The lowest BCUT2D eigenvalue weighted by Gasteiger charge is -2.02. The topological polar surface area (TPSA) is 52.3 Å². The Kier molecular flexibility index (Phi) is 4.33. The normalized spacial score (nSPS) is 10.6. The summed E-state index contributed by atoms with van der Waals surface area (Å²) in [7, 11) is 0. The van der Waals surface area contributed by atoms with Gasteiger partial charge in [-0.15, -0.1) is 0 Å². The van der Waals surface area contributed by atoms with Crippen molar-refractivity contribution in [2.24, 2.45) is 0 Å². The van der Waals surface area contributed by atoms with E-state index in [-0.39, 0.29) is 18.0 Å². The number of esters is 1. The first-order chi connectivity index (χ1) is 11.5. The molecule has 0 atom stereocenters. The molecule has 1 aromatic heterocycles. The molecule has 0 spiro atoms. The summed E-state index contributed by atoms with van der Waals surface area (Å²) in [5.74, 6) is -3.00.